The summed E-state index contributed by atoms with van der Waals surface area (Å²) in [5, 5.41) is 0. The Morgan fingerprint density at radius 2 is 1.72 bits per heavy atom. The molecule has 0 saturated carbocycles. The van der Waals surface area contributed by atoms with Gasteiger partial charge in [-0.25, -0.2) is 0 Å². The number of aromatic nitrogens is 2. The van der Waals surface area contributed by atoms with Crippen LogP contribution in [-0.4, -0.2) is 30.2 Å². The molecular weight excluding hydrogens is 228 g/mol. The van der Waals surface area contributed by atoms with Crippen LogP contribution in [-0.2, 0) is 0 Å². The van der Waals surface area contributed by atoms with E-state index in [-0.39, 0.29) is 5.95 Å². The Hall–Kier alpha value is -1.52. The van der Waals surface area contributed by atoms with Crippen LogP contribution in [0.25, 0.3) is 0 Å². The van der Waals surface area contributed by atoms with Crippen LogP contribution in [0, 0.1) is 11.8 Å². The normalized spacial score (nSPS) is 11.1. The molecule has 1 heterocycles. The number of rotatable bonds is 6. The summed E-state index contributed by atoms with van der Waals surface area (Å²) in [6.45, 7) is 10.6. The summed E-state index contributed by atoms with van der Waals surface area (Å²) in [5.74, 6) is 2.72. The predicted octanol–water partition coefficient (Wildman–Crippen LogP) is 2.19. The third-order valence-corrected chi connectivity index (χ3v) is 2.41. The van der Waals surface area contributed by atoms with Crippen molar-refractivity contribution in [2.75, 3.05) is 30.8 Å². The van der Waals surface area contributed by atoms with Gasteiger partial charge >= 0.3 is 0 Å². The van der Waals surface area contributed by atoms with Gasteiger partial charge in [0.15, 0.2) is 0 Å². The van der Waals surface area contributed by atoms with Gasteiger partial charge in [0, 0.05) is 19.2 Å². The van der Waals surface area contributed by atoms with E-state index in [2.05, 4.69) is 42.6 Å². The topological polar surface area (TPSA) is 64.3 Å². The van der Waals surface area contributed by atoms with Crippen molar-refractivity contribution in [3.8, 4) is 5.88 Å². The van der Waals surface area contributed by atoms with E-state index in [0.29, 0.717) is 17.7 Å². The van der Waals surface area contributed by atoms with E-state index in [1.54, 1.807) is 7.11 Å². The summed E-state index contributed by atoms with van der Waals surface area (Å²) in [6, 6.07) is 1.83. The molecule has 0 aliphatic carbocycles. The highest BCUT2D eigenvalue weighted by Gasteiger charge is 2.14. The lowest BCUT2D eigenvalue weighted by Crippen LogP contribution is -2.32. The van der Waals surface area contributed by atoms with Crippen LogP contribution in [0.1, 0.15) is 27.7 Å². The molecule has 1 rings (SSSR count). The SMILES string of the molecule is COc1cc(N(CC(C)C)CC(C)C)nc(N)n1. The summed E-state index contributed by atoms with van der Waals surface area (Å²) in [7, 11) is 1.58. The third-order valence-electron chi connectivity index (χ3n) is 2.41. The van der Waals surface area contributed by atoms with Crippen LogP contribution in [0.4, 0.5) is 11.8 Å². The lowest BCUT2D eigenvalue weighted by atomic mass is 10.1. The number of nitrogens with two attached hydrogens (primary N) is 1. The fraction of sp³-hybridized carbons (Fsp3) is 0.692. The summed E-state index contributed by atoms with van der Waals surface area (Å²) in [6.07, 6.45) is 0. The third kappa shape index (κ3) is 4.39. The van der Waals surface area contributed by atoms with Crippen molar-refractivity contribution < 1.29 is 4.74 Å². The van der Waals surface area contributed by atoms with E-state index < -0.39 is 0 Å². The van der Waals surface area contributed by atoms with E-state index in [0.717, 1.165) is 18.9 Å². The molecular formula is C13H24N4O. The maximum absolute atomic E-state index is 5.71. The standard InChI is InChI=1S/C13H24N4O/c1-9(2)7-17(8-10(3)4)11-6-12(18-5)16-13(14)15-11/h6,9-10H,7-8H2,1-5H3,(H2,14,15,16). The first-order chi connectivity index (χ1) is 8.42. The molecule has 0 aliphatic rings. The molecule has 0 aromatic carbocycles. The van der Waals surface area contributed by atoms with E-state index >= 15 is 0 Å². The maximum atomic E-state index is 5.71. The largest absolute Gasteiger partial charge is 0.481 e. The average Bonchev–Trinajstić information content (AvgIpc) is 2.26. The van der Waals surface area contributed by atoms with Gasteiger partial charge in [0.25, 0.3) is 0 Å². The Balaban J connectivity index is 2.99. The first kappa shape index (κ1) is 14.5. The van der Waals surface area contributed by atoms with Gasteiger partial charge in [-0.2, -0.15) is 9.97 Å². The highest BCUT2D eigenvalue weighted by atomic mass is 16.5. The fourth-order valence-electron chi connectivity index (χ4n) is 1.84. The van der Waals surface area contributed by atoms with Crippen LogP contribution in [0.15, 0.2) is 6.07 Å². The van der Waals surface area contributed by atoms with Crippen molar-refractivity contribution in [2.24, 2.45) is 11.8 Å². The molecule has 102 valence electrons. The summed E-state index contributed by atoms with van der Waals surface area (Å²) in [5.41, 5.74) is 5.71. The predicted molar refractivity (Wildman–Crippen MR) is 74.9 cm³/mol. The molecule has 0 spiro atoms. The lowest BCUT2D eigenvalue weighted by molar-refractivity contribution is 0.397. The van der Waals surface area contributed by atoms with Crippen LogP contribution < -0.4 is 15.4 Å². The minimum absolute atomic E-state index is 0.252. The number of hydrogen-bond acceptors (Lipinski definition) is 5. The van der Waals surface area contributed by atoms with E-state index in [9.17, 15) is 0 Å². The van der Waals surface area contributed by atoms with Crippen LogP contribution >= 0.6 is 0 Å². The maximum Gasteiger partial charge on any atom is 0.225 e. The van der Waals surface area contributed by atoms with Crippen molar-refractivity contribution >= 4 is 11.8 Å². The van der Waals surface area contributed by atoms with E-state index in [1.807, 2.05) is 6.07 Å². The number of anilines is 2. The zero-order chi connectivity index (χ0) is 13.7. The van der Waals surface area contributed by atoms with Gasteiger partial charge in [-0.05, 0) is 11.8 Å². The average molecular weight is 252 g/mol. The molecule has 0 bridgehead atoms. The smallest absolute Gasteiger partial charge is 0.225 e. The Bertz CT molecular complexity index is 369. The highest BCUT2D eigenvalue weighted by molar-refractivity contribution is 5.45. The quantitative estimate of drug-likeness (QED) is 0.840. The van der Waals surface area contributed by atoms with Crippen molar-refractivity contribution in [3.05, 3.63) is 6.07 Å². The summed E-state index contributed by atoms with van der Waals surface area (Å²) >= 11 is 0. The van der Waals surface area contributed by atoms with Gasteiger partial charge in [0.1, 0.15) is 5.82 Å². The summed E-state index contributed by atoms with van der Waals surface area (Å²) in [4.78, 5) is 10.5. The van der Waals surface area contributed by atoms with Crippen molar-refractivity contribution in [1.82, 2.24) is 9.97 Å². The molecule has 0 radical (unpaired) electrons. The van der Waals surface area contributed by atoms with Crippen LogP contribution in [0.5, 0.6) is 5.88 Å². The molecule has 0 unspecified atom stereocenters. The van der Waals surface area contributed by atoms with E-state index in [1.165, 1.54) is 0 Å². The molecule has 2 N–H and O–H groups in total. The van der Waals surface area contributed by atoms with Crippen molar-refractivity contribution in [1.29, 1.82) is 0 Å². The number of ether oxygens (including phenoxy) is 1. The molecule has 0 atom stereocenters. The molecule has 1 aromatic rings. The highest BCUT2D eigenvalue weighted by Crippen LogP contribution is 2.20. The molecule has 0 aliphatic heterocycles. The monoisotopic (exact) mass is 252 g/mol. The van der Waals surface area contributed by atoms with Gasteiger partial charge in [0.05, 0.1) is 7.11 Å². The number of hydrogen-bond donors (Lipinski definition) is 1. The fourth-order valence-corrected chi connectivity index (χ4v) is 1.84. The van der Waals surface area contributed by atoms with Gasteiger partial charge < -0.3 is 15.4 Å². The molecule has 0 saturated heterocycles. The van der Waals surface area contributed by atoms with Gasteiger partial charge in [0.2, 0.25) is 11.8 Å². The first-order valence-corrected chi connectivity index (χ1v) is 6.35. The number of nitrogens with zero attached hydrogens (tertiary/aromatic N) is 3. The minimum Gasteiger partial charge on any atom is -0.481 e. The minimum atomic E-state index is 0.252. The Labute approximate surface area is 109 Å². The zero-order valence-electron chi connectivity index (χ0n) is 12.0. The number of methoxy groups -OCH3 is 1. The van der Waals surface area contributed by atoms with E-state index in [4.69, 9.17) is 10.5 Å². The molecule has 0 fully saturated rings. The molecule has 1 aromatic heterocycles. The molecule has 5 nitrogen and oxygen atoms in total. The molecule has 0 amide bonds. The molecule has 18 heavy (non-hydrogen) atoms. The number of nitrogen functional groups attached to an aromatic ring is 1. The van der Waals surface area contributed by atoms with Crippen molar-refractivity contribution in [3.63, 3.8) is 0 Å². The second-order valence-electron chi connectivity index (χ2n) is 5.32. The van der Waals surface area contributed by atoms with Crippen LogP contribution in [0.3, 0.4) is 0 Å². The van der Waals surface area contributed by atoms with Gasteiger partial charge in [-0.15, -0.1) is 0 Å². The summed E-state index contributed by atoms with van der Waals surface area (Å²) < 4.78 is 5.14. The van der Waals surface area contributed by atoms with Crippen LogP contribution in [0.2, 0.25) is 0 Å². The van der Waals surface area contributed by atoms with Crippen molar-refractivity contribution in [2.45, 2.75) is 27.7 Å². The van der Waals surface area contributed by atoms with Gasteiger partial charge in [-0.1, -0.05) is 27.7 Å². The van der Waals surface area contributed by atoms with Gasteiger partial charge in [-0.3, -0.25) is 0 Å². The second kappa shape index (κ2) is 6.42. The molecule has 5 heteroatoms. The first-order valence-electron chi connectivity index (χ1n) is 6.35. The lowest BCUT2D eigenvalue weighted by Gasteiger charge is -2.27. The Kier molecular flexibility index (Phi) is 5.19. The zero-order valence-corrected chi connectivity index (χ0v) is 12.0. The second-order valence-corrected chi connectivity index (χ2v) is 5.32. The Morgan fingerprint density at radius 3 is 2.17 bits per heavy atom. The Morgan fingerprint density at radius 1 is 1.17 bits per heavy atom.